The molecule has 0 aliphatic rings. The van der Waals surface area contributed by atoms with Gasteiger partial charge in [-0.3, -0.25) is 0 Å². The fraction of sp³-hybridized carbons (Fsp3) is 0.167. The molecule has 2 nitrogen and oxygen atoms in total. The molecule has 0 bridgehead atoms. The topological polar surface area (TPSA) is 25.2 Å². The molecule has 0 aliphatic heterocycles. The number of benzene rings is 1. The molecule has 5 heteroatoms. The lowest BCUT2D eigenvalue weighted by Crippen LogP contribution is -2.03. The van der Waals surface area contributed by atoms with Crippen LogP contribution in [0.3, 0.4) is 0 Å². The molecule has 0 radical (unpaired) electrons. The van der Waals surface area contributed by atoms with Crippen molar-refractivity contribution < 1.29 is 8.81 Å². The minimum atomic E-state index is -0.612. The van der Waals surface area contributed by atoms with Crippen molar-refractivity contribution in [1.82, 2.24) is 5.32 Å². The summed E-state index contributed by atoms with van der Waals surface area (Å²) in [5.74, 6) is 0.789. The second-order valence-corrected chi connectivity index (χ2v) is 4.36. The van der Waals surface area contributed by atoms with Crippen molar-refractivity contribution in [3.8, 4) is 11.3 Å². The average molecular weight is 274 g/mol. The van der Waals surface area contributed by atoms with Crippen molar-refractivity contribution in [3.63, 3.8) is 0 Å². The van der Waals surface area contributed by atoms with Gasteiger partial charge in [-0.05, 0) is 31.3 Å². The van der Waals surface area contributed by atoms with E-state index in [1.54, 1.807) is 6.07 Å². The molecule has 2 aromatic rings. The van der Waals surface area contributed by atoms with Crippen molar-refractivity contribution >= 4 is 23.2 Å². The van der Waals surface area contributed by atoms with E-state index in [4.69, 9.17) is 27.6 Å². The van der Waals surface area contributed by atoms with Crippen LogP contribution < -0.4 is 5.32 Å². The van der Waals surface area contributed by atoms with Gasteiger partial charge in [0.05, 0.1) is 16.6 Å². The molecule has 0 amide bonds. The first-order valence-corrected chi connectivity index (χ1v) is 5.75. The van der Waals surface area contributed by atoms with Gasteiger partial charge >= 0.3 is 0 Å². The molecule has 0 spiro atoms. The molecular weight excluding hydrogens is 264 g/mol. The highest BCUT2D eigenvalue weighted by molar-refractivity contribution is 6.35. The van der Waals surface area contributed by atoms with Crippen LogP contribution in [0.25, 0.3) is 11.3 Å². The molecule has 0 saturated heterocycles. The normalized spacial score (nSPS) is 10.8. The summed E-state index contributed by atoms with van der Waals surface area (Å²) < 4.78 is 18.8. The summed E-state index contributed by atoms with van der Waals surface area (Å²) in [6.07, 6.45) is 0. The first-order chi connectivity index (χ1) is 8.11. The Morgan fingerprint density at radius 2 is 1.88 bits per heavy atom. The van der Waals surface area contributed by atoms with Gasteiger partial charge in [-0.1, -0.05) is 23.2 Å². The predicted molar refractivity (Wildman–Crippen MR) is 66.9 cm³/mol. The molecule has 0 aliphatic carbocycles. The van der Waals surface area contributed by atoms with E-state index in [9.17, 15) is 4.39 Å². The van der Waals surface area contributed by atoms with E-state index < -0.39 is 5.82 Å². The molecule has 1 N–H and O–H groups in total. The minimum absolute atomic E-state index is 0.0148. The van der Waals surface area contributed by atoms with Gasteiger partial charge in [0.1, 0.15) is 11.5 Å². The highest BCUT2D eigenvalue weighted by Crippen LogP contribution is 2.31. The van der Waals surface area contributed by atoms with E-state index in [2.05, 4.69) is 5.32 Å². The second kappa shape index (κ2) is 5.08. The number of nitrogens with one attached hydrogen (secondary N) is 1. The zero-order chi connectivity index (χ0) is 12.4. The van der Waals surface area contributed by atoms with E-state index in [1.807, 2.05) is 13.1 Å². The molecule has 17 heavy (non-hydrogen) atoms. The van der Waals surface area contributed by atoms with Gasteiger partial charge in [0.25, 0.3) is 0 Å². The van der Waals surface area contributed by atoms with Gasteiger partial charge < -0.3 is 9.73 Å². The van der Waals surface area contributed by atoms with Gasteiger partial charge in [0.2, 0.25) is 0 Å². The smallest absolute Gasteiger partial charge is 0.160 e. The maximum atomic E-state index is 13.2. The van der Waals surface area contributed by atoms with Crippen LogP contribution >= 0.6 is 23.2 Å². The van der Waals surface area contributed by atoms with Crippen molar-refractivity contribution in [2.24, 2.45) is 0 Å². The lowest BCUT2D eigenvalue weighted by atomic mass is 10.2. The lowest BCUT2D eigenvalue weighted by Gasteiger charge is -2.02. The number of rotatable bonds is 3. The Morgan fingerprint density at radius 1 is 1.24 bits per heavy atom. The number of hydrogen-bond acceptors (Lipinski definition) is 2. The highest BCUT2D eigenvalue weighted by atomic mass is 35.5. The van der Waals surface area contributed by atoms with Crippen LogP contribution in [0.5, 0.6) is 0 Å². The zero-order valence-corrected chi connectivity index (χ0v) is 10.6. The molecular formula is C12H10Cl2FNO. The Labute approximate surface area is 108 Å². The Hall–Kier alpha value is -1.03. The monoisotopic (exact) mass is 273 g/mol. The fourth-order valence-corrected chi connectivity index (χ4v) is 1.99. The van der Waals surface area contributed by atoms with Crippen LogP contribution in [-0.2, 0) is 6.54 Å². The maximum Gasteiger partial charge on any atom is 0.160 e. The van der Waals surface area contributed by atoms with Gasteiger partial charge in [-0.15, -0.1) is 0 Å². The van der Waals surface area contributed by atoms with Crippen LogP contribution in [0.2, 0.25) is 10.0 Å². The maximum absolute atomic E-state index is 13.2. The van der Waals surface area contributed by atoms with Crippen molar-refractivity contribution in [2.45, 2.75) is 6.54 Å². The van der Waals surface area contributed by atoms with Crippen LogP contribution in [-0.4, -0.2) is 7.05 Å². The molecule has 90 valence electrons. The van der Waals surface area contributed by atoms with E-state index in [0.29, 0.717) is 17.9 Å². The van der Waals surface area contributed by atoms with Gasteiger partial charge in [0.15, 0.2) is 5.82 Å². The minimum Gasteiger partial charge on any atom is -0.460 e. The summed E-state index contributed by atoms with van der Waals surface area (Å²) in [6.45, 7) is 0.628. The zero-order valence-electron chi connectivity index (χ0n) is 9.06. The standard InChI is InChI=1S/C12H10Cl2FNO/c1-16-6-8-2-3-11(17-8)7-4-9(13)12(15)10(14)5-7/h2-5,16H,6H2,1H3. The number of furan rings is 1. The van der Waals surface area contributed by atoms with Crippen LogP contribution in [0.1, 0.15) is 5.76 Å². The lowest BCUT2D eigenvalue weighted by molar-refractivity contribution is 0.507. The fourth-order valence-electron chi connectivity index (χ4n) is 1.50. The molecule has 2 rings (SSSR count). The van der Waals surface area contributed by atoms with Gasteiger partial charge in [-0.2, -0.15) is 0 Å². The molecule has 0 unspecified atom stereocenters. The van der Waals surface area contributed by atoms with Crippen LogP contribution in [0.4, 0.5) is 4.39 Å². The molecule has 0 saturated carbocycles. The largest absolute Gasteiger partial charge is 0.460 e. The molecule has 1 heterocycles. The van der Waals surface area contributed by atoms with Crippen molar-refractivity contribution in [3.05, 3.63) is 45.9 Å². The molecule has 0 atom stereocenters. The predicted octanol–water partition coefficient (Wildman–Crippen LogP) is 4.11. The van der Waals surface area contributed by atoms with E-state index in [1.165, 1.54) is 12.1 Å². The third-order valence-electron chi connectivity index (χ3n) is 2.28. The molecule has 1 aromatic carbocycles. The Balaban J connectivity index is 2.39. The van der Waals surface area contributed by atoms with E-state index in [0.717, 1.165) is 5.76 Å². The Bertz CT molecular complexity index is 516. The highest BCUT2D eigenvalue weighted by Gasteiger charge is 2.11. The summed E-state index contributed by atoms with van der Waals surface area (Å²) in [7, 11) is 1.83. The van der Waals surface area contributed by atoms with Crippen LogP contribution in [0, 0.1) is 5.82 Å². The summed E-state index contributed by atoms with van der Waals surface area (Å²) in [4.78, 5) is 0. The van der Waals surface area contributed by atoms with Crippen molar-refractivity contribution in [1.29, 1.82) is 0 Å². The SMILES string of the molecule is CNCc1ccc(-c2cc(Cl)c(F)c(Cl)c2)o1. The summed E-state index contributed by atoms with van der Waals surface area (Å²) in [6, 6.07) is 6.62. The third kappa shape index (κ3) is 2.63. The summed E-state index contributed by atoms with van der Waals surface area (Å²) in [5, 5.41) is 2.95. The first-order valence-electron chi connectivity index (χ1n) is 5.00. The summed E-state index contributed by atoms with van der Waals surface area (Å²) >= 11 is 11.4. The molecule has 1 aromatic heterocycles. The first kappa shape index (κ1) is 12.4. The quantitative estimate of drug-likeness (QED) is 0.852. The number of halogens is 3. The van der Waals surface area contributed by atoms with Gasteiger partial charge in [0, 0.05) is 5.56 Å². The third-order valence-corrected chi connectivity index (χ3v) is 2.83. The van der Waals surface area contributed by atoms with Gasteiger partial charge in [-0.25, -0.2) is 4.39 Å². The van der Waals surface area contributed by atoms with E-state index in [-0.39, 0.29) is 10.0 Å². The second-order valence-electron chi connectivity index (χ2n) is 3.55. The summed E-state index contributed by atoms with van der Waals surface area (Å²) in [5.41, 5.74) is 0.656. The average Bonchev–Trinajstić information content (AvgIpc) is 2.74. The van der Waals surface area contributed by atoms with Crippen LogP contribution in [0.15, 0.2) is 28.7 Å². The van der Waals surface area contributed by atoms with E-state index >= 15 is 0 Å². The van der Waals surface area contributed by atoms with Crippen molar-refractivity contribution in [2.75, 3.05) is 7.05 Å². The Kier molecular flexibility index (Phi) is 3.72. The molecule has 0 fully saturated rings. The Morgan fingerprint density at radius 3 is 2.47 bits per heavy atom. The number of hydrogen-bond donors (Lipinski definition) is 1.